The van der Waals surface area contributed by atoms with E-state index in [4.69, 9.17) is 5.73 Å². The van der Waals surface area contributed by atoms with Crippen molar-refractivity contribution in [3.05, 3.63) is 46.2 Å². The number of hydrogen-bond donors (Lipinski definition) is 2. The van der Waals surface area contributed by atoms with Crippen LogP contribution in [0.1, 0.15) is 16.2 Å². The van der Waals surface area contributed by atoms with Gasteiger partial charge in [0.2, 0.25) is 0 Å². The van der Waals surface area contributed by atoms with Crippen molar-refractivity contribution < 1.29 is 9.18 Å². The third-order valence-corrected chi connectivity index (χ3v) is 3.54. The van der Waals surface area contributed by atoms with Crippen molar-refractivity contribution in [1.29, 1.82) is 0 Å². The molecule has 0 radical (unpaired) electrons. The van der Waals surface area contributed by atoms with Gasteiger partial charge in [-0.3, -0.25) is 4.79 Å². The second-order valence-corrected chi connectivity index (χ2v) is 5.17. The number of rotatable bonds is 4. The zero-order chi connectivity index (χ0) is 14.7. The second-order valence-electron chi connectivity index (χ2n) is 4.31. The van der Waals surface area contributed by atoms with E-state index in [0.717, 1.165) is 5.82 Å². The van der Waals surface area contributed by atoms with E-state index < -0.39 is 5.82 Å². The highest BCUT2D eigenvalue weighted by Crippen LogP contribution is 2.22. The van der Waals surface area contributed by atoms with E-state index >= 15 is 0 Å². The quantitative estimate of drug-likeness (QED) is 0.834. The van der Waals surface area contributed by atoms with Crippen molar-refractivity contribution in [2.45, 2.75) is 6.42 Å². The number of aromatic nitrogens is 2. The van der Waals surface area contributed by atoms with E-state index in [1.165, 1.54) is 12.1 Å². The molecule has 0 unspecified atom stereocenters. The Morgan fingerprint density at radius 1 is 1.55 bits per heavy atom. The topological polar surface area (TPSA) is 72.9 Å². The highest BCUT2D eigenvalue weighted by molar-refractivity contribution is 9.10. The number of carbonyl (C=O) groups excluding carboxylic acids is 1. The van der Waals surface area contributed by atoms with E-state index in [2.05, 4.69) is 26.2 Å². The molecular formula is C13H14BrFN4O. The molecule has 2 aromatic rings. The van der Waals surface area contributed by atoms with Gasteiger partial charge in [0.15, 0.2) is 0 Å². The number of nitrogens with two attached hydrogens (primary N) is 1. The average molecular weight is 341 g/mol. The molecule has 3 N–H and O–H groups in total. The Bertz CT molecular complexity index is 641. The minimum absolute atomic E-state index is 0.0533. The molecule has 0 aliphatic rings. The Balaban J connectivity index is 1.99. The van der Waals surface area contributed by atoms with Gasteiger partial charge < -0.3 is 15.6 Å². The summed E-state index contributed by atoms with van der Waals surface area (Å²) < 4.78 is 15.5. The SMILES string of the molecule is Cn1ccnc1CCNC(=O)c1cc(N)c(F)cc1Br. The summed E-state index contributed by atoms with van der Waals surface area (Å²) in [5.41, 5.74) is 5.72. The number of nitrogen functional groups attached to an aromatic ring is 1. The Labute approximate surface area is 124 Å². The summed E-state index contributed by atoms with van der Waals surface area (Å²) in [5.74, 6) is 0.0159. The number of hydrogen-bond acceptors (Lipinski definition) is 3. The Hall–Kier alpha value is -1.89. The molecule has 0 spiro atoms. The van der Waals surface area contributed by atoms with Gasteiger partial charge in [-0.05, 0) is 28.1 Å². The predicted molar refractivity (Wildman–Crippen MR) is 77.8 cm³/mol. The van der Waals surface area contributed by atoms with Crippen LogP contribution in [-0.4, -0.2) is 22.0 Å². The van der Waals surface area contributed by atoms with Gasteiger partial charge in [0.05, 0.1) is 11.3 Å². The van der Waals surface area contributed by atoms with Crippen LogP contribution in [0, 0.1) is 5.82 Å². The smallest absolute Gasteiger partial charge is 0.252 e. The first-order valence-corrected chi connectivity index (χ1v) is 6.77. The predicted octanol–water partition coefficient (Wildman–Crippen LogP) is 1.88. The maximum absolute atomic E-state index is 13.2. The number of nitrogens with zero attached hydrogens (tertiary/aromatic N) is 2. The molecule has 0 atom stereocenters. The molecule has 1 heterocycles. The summed E-state index contributed by atoms with van der Waals surface area (Å²) in [5, 5.41) is 2.75. The van der Waals surface area contributed by atoms with E-state index in [-0.39, 0.29) is 11.6 Å². The van der Waals surface area contributed by atoms with Gasteiger partial charge >= 0.3 is 0 Å². The van der Waals surface area contributed by atoms with Crippen molar-refractivity contribution in [3.8, 4) is 0 Å². The minimum Gasteiger partial charge on any atom is -0.396 e. The van der Waals surface area contributed by atoms with Crippen LogP contribution in [0.15, 0.2) is 29.0 Å². The number of amides is 1. The first kappa shape index (κ1) is 14.5. The van der Waals surface area contributed by atoms with Crippen LogP contribution in [-0.2, 0) is 13.5 Å². The molecule has 0 bridgehead atoms. The van der Waals surface area contributed by atoms with Gasteiger partial charge in [0, 0.05) is 36.9 Å². The lowest BCUT2D eigenvalue weighted by Crippen LogP contribution is -2.26. The van der Waals surface area contributed by atoms with Gasteiger partial charge in [-0.15, -0.1) is 0 Å². The largest absolute Gasteiger partial charge is 0.396 e. The van der Waals surface area contributed by atoms with Crippen molar-refractivity contribution in [2.75, 3.05) is 12.3 Å². The lowest BCUT2D eigenvalue weighted by Gasteiger charge is -2.08. The molecule has 0 fully saturated rings. The summed E-state index contributed by atoms with van der Waals surface area (Å²) in [6.45, 7) is 0.438. The maximum atomic E-state index is 13.2. The number of imidazole rings is 1. The van der Waals surface area contributed by atoms with Crippen LogP contribution in [0.5, 0.6) is 0 Å². The summed E-state index contributed by atoms with van der Waals surface area (Å²) in [6.07, 6.45) is 4.16. The summed E-state index contributed by atoms with van der Waals surface area (Å²) >= 11 is 3.15. The van der Waals surface area contributed by atoms with Gasteiger partial charge in [0.1, 0.15) is 11.6 Å². The van der Waals surface area contributed by atoms with E-state index in [1.54, 1.807) is 6.20 Å². The van der Waals surface area contributed by atoms with Gasteiger partial charge in [0.25, 0.3) is 5.91 Å². The number of anilines is 1. The summed E-state index contributed by atoms with van der Waals surface area (Å²) in [7, 11) is 1.89. The van der Waals surface area contributed by atoms with Gasteiger partial charge in [-0.25, -0.2) is 9.37 Å². The second kappa shape index (κ2) is 6.04. The number of aryl methyl sites for hydroxylation is 1. The molecule has 0 saturated carbocycles. The normalized spacial score (nSPS) is 10.6. The monoisotopic (exact) mass is 340 g/mol. The highest BCUT2D eigenvalue weighted by atomic mass is 79.9. The fourth-order valence-electron chi connectivity index (χ4n) is 1.76. The van der Waals surface area contributed by atoms with Crippen molar-refractivity contribution in [3.63, 3.8) is 0 Å². The number of carbonyl (C=O) groups is 1. The first-order chi connectivity index (χ1) is 9.49. The van der Waals surface area contributed by atoms with Crippen LogP contribution in [0.3, 0.4) is 0 Å². The average Bonchev–Trinajstić information content (AvgIpc) is 2.79. The Kier molecular flexibility index (Phi) is 4.39. The standard InChI is InChI=1S/C13H14BrFN4O/c1-19-5-4-17-12(19)2-3-18-13(20)8-6-11(16)10(15)7-9(8)14/h4-7H,2-3,16H2,1H3,(H,18,20). The molecule has 1 aromatic heterocycles. The fourth-order valence-corrected chi connectivity index (χ4v) is 2.26. The lowest BCUT2D eigenvalue weighted by atomic mass is 10.2. The van der Waals surface area contributed by atoms with Crippen LogP contribution < -0.4 is 11.1 Å². The maximum Gasteiger partial charge on any atom is 0.252 e. The zero-order valence-corrected chi connectivity index (χ0v) is 12.4. The van der Waals surface area contributed by atoms with Crippen molar-refractivity contribution >= 4 is 27.5 Å². The molecular weight excluding hydrogens is 327 g/mol. The van der Waals surface area contributed by atoms with Gasteiger partial charge in [-0.2, -0.15) is 0 Å². The number of nitrogens with one attached hydrogen (secondary N) is 1. The van der Waals surface area contributed by atoms with Crippen molar-refractivity contribution in [1.82, 2.24) is 14.9 Å². The van der Waals surface area contributed by atoms with Crippen LogP contribution in [0.2, 0.25) is 0 Å². The summed E-state index contributed by atoms with van der Waals surface area (Å²) in [4.78, 5) is 16.2. The third-order valence-electron chi connectivity index (χ3n) is 2.89. The molecule has 2 rings (SSSR count). The molecule has 106 valence electrons. The van der Waals surface area contributed by atoms with E-state index in [1.807, 2.05) is 17.8 Å². The molecule has 0 aliphatic heterocycles. The van der Waals surface area contributed by atoms with Crippen molar-refractivity contribution in [2.24, 2.45) is 7.05 Å². The van der Waals surface area contributed by atoms with Crippen LogP contribution in [0.25, 0.3) is 0 Å². The highest BCUT2D eigenvalue weighted by Gasteiger charge is 2.13. The molecule has 0 saturated heterocycles. The van der Waals surface area contributed by atoms with E-state index in [9.17, 15) is 9.18 Å². The lowest BCUT2D eigenvalue weighted by molar-refractivity contribution is 0.0953. The van der Waals surface area contributed by atoms with E-state index in [0.29, 0.717) is 23.0 Å². The fraction of sp³-hybridized carbons (Fsp3) is 0.231. The minimum atomic E-state index is -0.554. The molecule has 7 heteroatoms. The number of benzene rings is 1. The Morgan fingerprint density at radius 3 is 2.95 bits per heavy atom. The molecule has 5 nitrogen and oxygen atoms in total. The van der Waals surface area contributed by atoms with Crippen LogP contribution >= 0.6 is 15.9 Å². The molecule has 0 aliphatic carbocycles. The molecule has 1 aromatic carbocycles. The number of halogens is 2. The Morgan fingerprint density at radius 2 is 2.30 bits per heavy atom. The first-order valence-electron chi connectivity index (χ1n) is 5.98. The third kappa shape index (κ3) is 3.16. The zero-order valence-electron chi connectivity index (χ0n) is 10.9. The summed E-state index contributed by atoms with van der Waals surface area (Å²) in [6, 6.07) is 2.50. The van der Waals surface area contributed by atoms with Gasteiger partial charge in [-0.1, -0.05) is 0 Å². The molecule has 1 amide bonds. The molecule has 20 heavy (non-hydrogen) atoms. The van der Waals surface area contributed by atoms with Crippen LogP contribution in [0.4, 0.5) is 10.1 Å².